The van der Waals surface area contributed by atoms with Crippen molar-refractivity contribution in [3.05, 3.63) is 65.2 Å². The maximum atomic E-state index is 14.0. The number of nitrogens with zero attached hydrogens (tertiary/aromatic N) is 1. The highest BCUT2D eigenvalue weighted by atomic mass is 79.9. The summed E-state index contributed by atoms with van der Waals surface area (Å²) in [5.41, 5.74) is 3.65. The number of hydrogen-bond acceptors (Lipinski definition) is 5. The molecule has 2 aromatic rings. The number of aliphatic hydroxyl groups excluding tert-OH is 1. The monoisotopic (exact) mass is 585 g/mol. The minimum absolute atomic E-state index is 0.0160. The average Bonchev–Trinajstić information content (AvgIpc) is 3.47. The van der Waals surface area contributed by atoms with Gasteiger partial charge >= 0.3 is 0 Å². The van der Waals surface area contributed by atoms with Crippen LogP contribution in [0.4, 0.5) is 5.69 Å². The first-order valence-electron chi connectivity index (χ1n) is 12.7. The third-order valence-electron chi connectivity index (χ3n) is 7.94. The molecule has 0 aliphatic carbocycles. The summed E-state index contributed by atoms with van der Waals surface area (Å²) >= 11 is 5.41. The Labute approximate surface area is 229 Å². The van der Waals surface area contributed by atoms with Crippen molar-refractivity contribution in [3.8, 4) is 0 Å². The summed E-state index contributed by atoms with van der Waals surface area (Å²) in [5.74, 6) is -1.66. The molecule has 3 N–H and O–H groups in total. The van der Waals surface area contributed by atoms with E-state index in [4.69, 9.17) is 0 Å². The molecule has 1 spiro atoms. The molecular formula is C28H32BrN3O4S. The van der Waals surface area contributed by atoms with Gasteiger partial charge in [-0.2, -0.15) is 0 Å². The SMILES string of the molecule is Cc1cccc(C)c1NC(=O)C1N(CCCO)C(=O)[C@@H]2[C@H](C(=O)NCc3ccccc3)[C@H]3SC12CC3Br. The molecule has 6 atom stereocenters. The van der Waals surface area contributed by atoms with Gasteiger partial charge in [-0.3, -0.25) is 14.4 Å². The third-order valence-corrected chi connectivity index (χ3v) is 11.2. The van der Waals surface area contributed by atoms with Crippen molar-refractivity contribution in [1.29, 1.82) is 0 Å². The van der Waals surface area contributed by atoms with E-state index < -0.39 is 22.6 Å². The molecule has 3 aliphatic rings. The molecule has 0 aromatic heterocycles. The highest BCUT2D eigenvalue weighted by molar-refractivity contribution is 9.09. The maximum Gasteiger partial charge on any atom is 0.248 e. The molecule has 3 unspecified atom stereocenters. The average molecular weight is 587 g/mol. The topological polar surface area (TPSA) is 98.7 Å². The number of thioether (sulfide) groups is 1. The van der Waals surface area contributed by atoms with E-state index in [2.05, 4.69) is 26.6 Å². The summed E-state index contributed by atoms with van der Waals surface area (Å²) in [6.45, 7) is 4.48. The minimum atomic E-state index is -0.725. The number of halogens is 1. The lowest BCUT2D eigenvalue weighted by Gasteiger charge is -2.35. The second-order valence-corrected chi connectivity index (χ2v) is 12.9. The lowest BCUT2D eigenvalue weighted by atomic mass is 9.70. The number of carbonyl (C=O) groups excluding carboxylic acids is 3. The van der Waals surface area contributed by atoms with Gasteiger partial charge < -0.3 is 20.6 Å². The van der Waals surface area contributed by atoms with Gasteiger partial charge in [0.25, 0.3) is 0 Å². The molecule has 3 heterocycles. The molecule has 2 bridgehead atoms. The number of nitrogens with one attached hydrogen (secondary N) is 2. The molecule has 2 aromatic carbocycles. The van der Waals surface area contributed by atoms with Gasteiger partial charge in [-0.25, -0.2) is 0 Å². The number of likely N-dealkylation sites (tertiary alicyclic amines) is 1. The van der Waals surface area contributed by atoms with E-state index in [1.165, 1.54) is 0 Å². The van der Waals surface area contributed by atoms with Crippen LogP contribution in [0.1, 0.15) is 29.5 Å². The Morgan fingerprint density at radius 2 is 1.81 bits per heavy atom. The summed E-state index contributed by atoms with van der Waals surface area (Å²) in [7, 11) is 0. The molecule has 0 saturated carbocycles. The number of para-hydroxylation sites is 1. The van der Waals surface area contributed by atoms with Crippen LogP contribution < -0.4 is 10.6 Å². The van der Waals surface area contributed by atoms with Gasteiger partial charge in [0.05, 0.1) is 16.6 Å². The number of benzene rings is 2. The third kappa shape index (κ3) is 4.49. The van der Waals surface area contributed by atoms with Crippen LogP contribution >= 0.6 is 27.7 Å². The Kier molecular flexibility index (Phi) is 7.40. The molecular weight excluding hydrogens is 554 g/mol. The highest BCUT2D eigenvalue weighted by Gasteiger charge is 2.75. The van der Waals surface area contributed by atoms with E-state index in [1.807, 2.05) is 62.4 Å². The first-order chi connectivity index (χ1) is 17.8. The first kappa shape index (κ1) is 26.3. The molecule has 9 heteroatoms. The van der Waals surface area contributed by atoms with Gasteiger partial charge in [0.15, 0.2) is 0 Å². The molecule has 37 heavy (non-hydrogen) atoms. The number of fused-ring (bicyclic) bond motifs is 1. The Morgan fingerprint density at radius 3 is 2.49 bits per heavy atom. The van der Waals surface area contributed by atoms with Crippen molar-refractivity contribution in [2.45, 2.75) is 54.1 Å². The standard InChI is InChI=1S/C28H32BrN3O4S/c1-16-8-6-9-17(2)22(16)31-26(35)24-28-14-19(29)23(37-28)20(21(28)27(36)32(24)12-7-13-33)25(34)30-15-18-10-4-3-5-11-18/h3-6,8-11,19-21,23-24,33H,7,12-15H2,1-2H3,(H,30,34)(H,31,35)/t19?,20-,21-,23-,24?,28?/m0/s1. The highest BCUT2D eigenvalue weighted by Crippen LogP contribution is 2.67. The van der Waals surface area contributed by atoms with Crippen LogP contribution in [0.15, 0.2) is 48.5 Å². The van der Waals surface area contributed by atoms with E-state index in [9.17, 15) is 19.5 Å². The molecule has 7 nitrogen and oxygen atoms in total. The van der Waals surface area contributed by atoms with E-state index in [1.54, 1.807) is 16.7 Å². The van der Waals surface area contributed by atoms with Crippen molar-refractivity contribution in [2.75, 3.05) is 18.5 Å². The number of rotatable bonds is 8. The van der Waals surface area contributed by atoms with E-state index in [-0.39, 0.29) is 41.0 Å². The zero-order valence-electron chi connectivity index (χ0n) is 20.9. The van der Waals surface area contributed by atoms with E-state index >= 15 is 0 Å². The Bertz CT molecular complexity index is 1190. The van der Waals surface area contributed by atoms with Crippen LogP contribution in [0.25, 0.3) is 0 Å². The van der Waals surface area contributed by atoms with Crippen LogP contribution in [0.3, 0.4) is 0 Å². The summed E-state index contributed by atoms with van der Waals surface area (Å²) < 4.78 is -0.708. The number of alkyl halides is 1. The Morgan fingerprint density at radius 1 is 1.11 bits per heavy atom. The van der Waals surface area contributed by atoms with Crippen LogP contribution in [-0.4, -0.2) is 61.7 Å². The van der Waals surface area contributed by atoms with Crippen molar-refractivity contribution in [3.63, 3.8) is 0 Å². The molecule has 3 amide bonds. The lowest BCUT2D eigenvalue weighted by Crippen LogP contribution is -2.53. The number of amides is 3. The second-order valence-electron chi connectivity index (χ2n) is 10.2. The van der Waals surface area contributed by atoms with Crippen LogP contribution in [0.5, 0.6) is 0 Å². The quantitative estimate of drug-likeness (QED) is 0.412. The Balaban J connectivity index is 1.46. The number of anilines is 1. The van der Waals surface area contributed by atoms with Crippen LogP contribution in [-0.2, 0) is 20.9 Å². The van der Waals surface area contributed by atoms with Gasteiger partial charge in [-0.05, 0) is 43.4 Å². The Hall–Kier alpha value is -2.36. The van der Waals surface area contributed by atoms with Crippen LogP contribution in [0, 0.1) is 25.7 Å². The first-order valence-corrected chi connectivity index (χ1v) is 14.5. The number of aliphatic hydroxyl groups is 1. The molecule has 5 rings (SSSR count). The second kappa shape index (κ2) is 10.4. The molecule has 3 aliphatic heterocycles. The smallest absolute Gasteiger partial charge is 0.248 e. The van der Waals surface area contributed by atoms with E-state index in [0.29, 0.717) is 19.4 Å². The zero-order valence-corrected chi connectivity index (χ0v) is 23.3. The van der Waals surface area contributed by atoms with Crippen molar-refractivity contribution < 1.29 is 19.5 Å². The van der Waals surface area contributed by atoms with Crippen LogP contribution in [0.2, 0.25) is 0 Å². The minimum Gasteiger partial charge on any atom is -0.396 e. The van der Waals surface area contributed by atoms with Gasteiger partial charge in [-0.15, -0.1) is 11.8 Å². The maximum absolute atomic E-state index is 14.0. The molecule has 3 fully saturated rings. The van der Waals surface area contributed by atoms with Crippen molar-refractivity contribution in [2.24, 2.45) is 11.8 Å². The molecule has 3 saturated heterocycles. The lowest BCUT2D eigenvalue weighted by molar-refractivity contribution is -0.139. The fourth-order valence-electron chi connectivity index (χ4n) is 6.32. The number of aryl methyl sites for hydroxylation is 2. The zero-order chi connectivity index (χ0) is 26.3. The summed E-state index contributed by atoms with van der Waals surface area (Å²) in [6, 6.07) is 14.8. The van der Waals surface area contributed by atoms with E-state index in [0.717, 1.165) is 22.4 Å². The fourth-order valence-corrected chi connectivity index (χ4v) is 9.93. The van der Waals surface area contributed by atoms with Gasteiger partial charge in [-0.1, -0.05) is 64.5 Å². The molecule has 196 valence electrons. The van der Waals surface area contributed by atoms with Crippen molar-refractivity contribution >= 4 is 51.1 Å². The summed E-state index contributed by atoms with van der Waals surface area (Å²) in [5, 5.41) is 15.6. The van der Waals surface area contributed by atoms with Gasteiger partial charge in [0.2, 0.25) is 17.7 Å². The van der Waals surface area contributed by atoms with Crippen molar-refractivity contribution in [1.82, 2.24) is 10.2 Å². The van der Waals surface area contributed by atoms with Gasteiger partial charge in [0.1, 0.15) is 6.04 Å². The summed E-state index contributed by atoms with van der Waals surface area (Å²) in [4.78, 5) is 43.1. The van der Waals surface area contributed by atoms with Gasteiger partial charge in [0, 0.05) is 35.5 Å². The number of hydrogen-bond donors (Lipinski definition) is 3. The predicted molar refractivity (Wildman–Crippen MR) is 148 cm³/mol. The normalized spacial score (nSPS) is 29.9. The fraction of sp³-hybridized carbons (Fsp3) is 0.464. The molecule has 0 radical (unpaired) electrons. The largest absolute Gasteiger partial charge is 0.396 e. The predicted octanol–water partition coefficient (Wildman–Crippen LogP) is 3.41. The summed E-state index contributed by atoms with van der Waals surface area (Å²) in [6.07, 6.45) is 1.00. The number of carbonyl (C=O) groups is 3.